The standard InChI is InChI=1S/C16H23FN2O2/c1-18-9-8-13-5-3-4-10-19(13)16(20)12-6-7-15(21-2)14(17)11-12/h6-7,11,13,18H,3-5,8-10H2,1-2H3. The Morgan fingerprint density at radius 3 is 2.95 bits per heavy atom. The number of halogens is 1. The summed E-state index contributed by atoms with van der Waals surface area (Å²) in [7, 11) is 3.33. The molecule has 21 heavy (non-hydrogen) atoms. The van der Waals surface area contributed by atoms with Crippen molar-refractivity contribution in [1.29, 1.82) is 0 Å². The van der Waals surface area contributed by atoms with Crippen LogP contribution >= 0.6 is 0 Å². The zero-order valence-electron chi connectivity index (χ0n) is 12.7. The van der Waals surface area contributed by atoms with Gasteiger partial charge in [0, 0.05) is 18.2 Å². The molecule has 0 spiro atoms. The molecule has 1 N–H and O–H groups in total. The van der Waals surface area contributed by atoms with Crippen LogP contribution in [-0.4, -0.2) is 44.1 Å². The maximum Gasteiger partial charge on any atom is 0.254 e. The van der Waals surface area contributed by atoms with Crippen LogP contribution in [0.1, 0.15) is 36.0 Å². The lowest BCUT2D eigenvalue weighted by molar-refractivity contribution is 0.0602. The third kappa shape index (κ3) is 3.73. The molecule has 1 fully saturated rings. The second-order valence-corrected chi connectivity index (χ2v) is 5.39. The molecule has 5 heteroatoms. The molecule has 1 aliphatic heterocycles. The third-order valence-corrected chi connectivity index (χ3v) is 4.01. The van der Waals surface area contributed by atoms with Crippen LogP contribution in [0.2, 0.25) is 0 Å². The van der Waals surface area contributed by atoms with Crippen molar-refractivity contribution in [3.8, 4) is 5.75 Å². The zero-order chi connectivity index (χ0) is 15.2. The van der Waals surface area contributed by atoms with Crippen molar-refractivity contribution in [2.24, 2.45) is 0 Å². The number of likely N-dealkylation sites (tertiary alicyclic amines) is 1. The first-order valence-corrected chi connectivity index (χ1v) is 7.46. The van der Waals surface area contributed by atoms with E-state index in [1.54, 1.807) is 6.07 Å². The van der Waals surface area contributed by atoms with E-state index in [-0.39, 0.29) is 17.7 Å². The van der Waals surface area contributed by atoms with E-state index in [4.69, 9.17) is 4.74 Å². The number of hydrogen-bond donors (Lipinski definition) is 1. The van der Waals surface area contributed by atoms with Crippen LogP contribution in [-0.2, 0) is 0 Å². The molecule has 0 radical (unpaired) electrons. The summed E-state index contributed by atoms with van der Waals surface area (Å²) in [6.07, 6.45) is 4.11. The maximum atomic E-state index is 13.8. The minimum atomic E-state index is -0.493. The van der Waals surface area contributed by atoms with Crippen LogP contribution < -0.4 is 10.1 Å². The van der Waals surface area contributed by atoms with Gasteiger partial charge < -0.3 is 15.0 Å². The first-order valence-electron chi connectivity index (χ1n) is 7.46. The van der Waals surface area contributed by atoms with E-state index in [0.717, 1.165) is 38.8 Å². The van der Waals surface area contributed by atoms with Gasteiger partial charge in [0.2, 0.25) is 0 Å². The highest BCUT2D eigenvalue weighted by molar-refractivity contribution is 5.94. The molecular weight excluding hydrogens is 271 g/mol. The summed E-state index contributed by atoms with van der Waals surface area (Å²) >= 11 is 0. The van der Waals surface area contributed by atoms with Crippen LogP contribution in [0, 0.1) is 5.82 Å². The molecule has 0 bridgehead atoms. The minimum Gasteiger partial charge on any atom is -0.494 e. The number of rotatable bonds is 5. The van der Waals surface area contributed by atoms with E-state index < -0.39 is 5.82 Å². The number of carbonyl (C=O) groups excluding carboxylic acids is 1. The average Bonchev–Trinajstić information content (AvgIpc) is 2.52. The lowest BCUT2D eigenvalue weighted by Gasteiger charge is -2.36. The Labute approximate surface area is 125 Å². The van der Waals surface area contributed by atoms with Gasteiger partial charge in [-0.2, -0.15) is 0 Å². The molecule has 2 rings (SSSR count). The monoisotopic (exact) mass is 294 g/mol. The first kappa shape index (κ1) is 15.8. The molecule has 1 aliphatic rings. The molecule has 1 amide bonds. The van der Waals surface area contributed by atoms with Crippen molar-refractivity contribution in [2.45, 2.75) is 31.7 Å². The summed E-state index contributed by atoms with van der Waals surface area (Å²) in [5.41, 5.74) is 0.393. The van der Waals surface area contributed by atoms with E-state index in [2.05, 4.69) is 5.32 Å². The summed E-state index contributed by atoms with van der Waals surface area (Å²) in [4.78, 5) is 14.5. The fraction of sp³-hybridized carbons (Fsp3) is 0.562. The lowest BCUT2D eigenvalue weighted by Crippen LogP contribution is -2.44. The number of nitrogens with zero attached hydrogens (tertiary/aromatic N) is 1. The molecule has 0 saturated carbocycles. The Morgan fingerprint density at radius 1 is 1.48 bits per heavy atom. The van der Waals surface area contributed by atoms with Gasteiger partial charge in [-0.15, -0.1) is 0 Å². The second kappa shape index (κ2) is 7.41. The Hall–Kier alpha value is -1.62. The van der Waals surface area contributed by atoms with Crippen LogP contribution in [0.25, 0.3) is 0 Å². The Balaban J connectivity index is 2.14. The summed E-state index contributed by atoms with van der Waals surface area (Å²) < 4.78 is 18.7. The number of benzene rings is 1. The van der Waals surface area contributed by atoms with Crippen LogP contribution in [0.5, 0.6) is 5.75 Å². The Kier molecular flexibility index (Phi) is 5.56. The van der Waals surface area contributed by atoms with Gasteiger partial charge in [0.15, 0.2) is 11.6 Å². The fourth-order valence-electron chi connectivity index (χ4n) is 2.84. The highest BCUT2D eigenvalue weighted by Crippen LogP contribution is 2.24. The van der Waals surface area contributed by atoms with E-state index in [1.807, 2.05) is 11.9 Å². The molecule has 116 valence electrons. The number of ether oxygens (including phenoxy) is 1. The highest BCUT2D eigenvalue weighted by Gasteiger charge is 2.27. The molecule has 1 unspecified atom stereocenters. The lowest BCUT2D eigenvalue weighted by atomic mass is 9.98. The summed E-state index contributed by atoms with van der Waals surface area (Å²) in [5, 5.41) is 3.12. The normalized spacial score (nSPS) is 18.6. The van der Waals surface area contributed by atoms with Gasteiger partial charge in [0.1, 0.15) is 0 Å². The van der Waals surface area contributed by atoms with Gasteiger partial charge in [-0.25, -0.2) is 4.39 Å². The average molecular weight is 294 g/mol. The number of amides is 1. The smallest absolute Gasteiger partial charge is 0.254 e. The van der Waals surface area contributed by atoms with Crippen molar-refractivity contribution >= 4 is 5.91 Å². The van der Waals surface area contributed by atoms with Crippen molar-refractivity contribution in [2.75, 3.05) is 27.2 Å². The van der Waals surface area contributed by atoms with Gasteiger partial charge >= 0.3 is 0 Å². The number of carbonyl (C=O) groups is 1. The molecular formula is C16H23FN2O2. The van der Waals surface area contributed by atoms with E-state index in [1.165, 1.54) is 19.2 Å². The highest BCUT2D eigenvalue weighted by atomic mass is 19.1. The molecule has 1 heterocycles. The molecule has 1 atom stereocenters. The van der Waals surface area contributed by atoms with Crippen LogP contribution in [0.15, 0.2) is 18.2 Å². The van der Waals surface area contributed by atoms with Crippen molar-refractivity contribution in [3.05, 3.63) is 29.6 Å². The predicted octanol–water partition coefficient (Wildman–Crippen LogP) is 2.44. The SMILES string of the molecule is CNCCC1CCCCN1C(=O)c1ccc(OC)c(F)c1. The summed E-state index contributed by atoms with van der Waals surface area (Å²) in [6, 6.07) is 4.65. The van der Waals surface area contributed by atoms with Gasteiger partial charge in [-0.3, -0.25) is 4.79 Å². The maximum absolute atomic E-state index is 13.8. The fourth-order valence-corrected chi connectivity index (χ4v) is 2.84. The first-order chi connectivity index (χ1) is 10.2. The van der Waals surface area contributed by atoms with E-state index in [9.17, 15) is 9.18 Å². The molecule has 1 aromatic carbocycles. The van der Waals surface area contributed by atoms with Crippen LogP contribution in [0.3, 0.4) is 0 Å². The quantitative estimate of drug-likeness (QED) is 0.907. The minimum absolute atomic E-state index is 0.0858. The largest absolute Gasteiger partial charge is 0.494 e. The van der Waals surface area contributed by atoms with E-state index >= 15 is 0 Å². The summed E-state index contributed by atoms with van der Waals surface area (Å²) in [5.74, 6) is -0.415. The van der Waals surface area contributed by atoms with Crippen LogP contribution in [0.4, 0.5) is 4.39 Å². The van der Waals surface area contributed by atoms with E-state index in [0.29, 0.717) is 5.56 Å². The van der Waals surface area contributed by atoms with Gasteiger partial charge in [-0.1, -0.05) is 0 Å². The number of hydrogen-bond acceptors (Lipinski definition) is 3. The second-order valence-electron chi connectivity index (χ2n) is 5.39. The Bertz CT molecular complexity index is 493. The van der Waals surface area contributed by atoms with Crippen molar-refractivity contribution in [1.82, 2.24) is 10.2 Å². The molecule has 1 aromatic rings. The summed E-state index contributed by atoms with van der Waals surface area (Å²) in [6.45, 7) is 1.63. The number of piperidine rings is 1. The van der Waals surface area contributed by atoms with Crippen molar-refractivity contribution < 1.29 is 13.9 Å². The zero-order valence-corrected chi connectivity index (χ0v) is 12.7. The molecule has 1 saturated heterocycles. The van der Waals surface area contributed by atoms with Gasteiger partial charge in [0.25, 0.3) is 5.91 Å². The van der Waals surface area contributed by atoms with Gasteiger partial charge in [-0.05, 0) is 57.5 Å². The molecule has 0 aromatic heterocycles. The van der Waals surface area contributed by atoms with Crippen molar-refractivity contribution in [3.63, 3.8) is 0 Å². The van der Waals surface area contributed by atoms with Gasteiger partial charge in [0.05, 0.1) is 7.11 Å². The number of nitrogens with one attached hydrogen (secondary N) is 1. The molecule has 4 nitrogen and oxygen atoms in total. The number of methoxy groups -OCH3 is 1. The molecule has 0 aliphatic carbocycles. The third-order valence-electron chi connectivity index (χ3n) is 4.01. The Morgan fingerprint density at radius 2 is 2.29 bits per heavy atom. The predicted molar refractivity (Wildman–Crippen MR) is 80.2 cm³/mol. The topological polar surface area (TPSA) is 41.6 Å².